The van der Waals surface area contributed by atoms with Gasteiger partial charge in [-0.05, 0) is 20.3 Å². The third kappa shape index (κ3) is 10.3. The topological polar surface area (TPSA) is 52.6 Å². The summed E-state index contributed by atoms with van der Waals surface area (Å²) in [6, 6.07) is 0. The Morgan fingerprint density at radius 1 is 0.882 bits per heavy atom. The highest BCUT2D eigenvalue weighted by atomic mass is 16.5. The van der Waals surface area contributed by atoms with Gasteiger partial charge in [-0.3, -0.25) is 0 Å². The second-order valence-electron chi connectivity index (χ2n) is 2.90. The molecule has 0 aliphatic rings. The monoisotopic (exact) mass is 236 g/mol. The third-order valence-corrected chi connectivity index (χ3v) is 1.54. The molecule has 0 N–H and O–H groups in total. The van der Waals surface area contributed by atoms with Crippen LogP contribution in [0.5, 0.6) is 0 Å². The molecule has 0 aliphatic heterocycles. The van der Waals surface area contributed by atoms with E-state index in [1.54, 1.807) is 13.8 Å². The molecule has 0 heterocycles. The van der Waals surface area contributed by atoms with Gasteiger partial charge in [0.2, 0.25) is 0 Å². The minimum Gasteiger partial charge on any atom is -0.456 e. The van der Waals surface area contributed by atoms with E-state index in [9.17, 15) is 9.59 Å². The molecule has 0 fully saturated rings. The second kappa shape index (κ2) is 10.6. The predicted octanol–water partition coefficient (Wildman–Crippen LogP) is 1.29. The first-order valence-corrected chi connectivity index (χ1v) is 5.52. The molecule has 0 amide bonds. The maximum atomic E-state index is 10.8. The van der Waals surface area contributed by atoms with Crippen molar-refractivity contribution in [3.8, 4) is 23.7 Å². The molecule has 0 aromatic carbocycles. The van der Waals surface area contributed by atoms with Gasteiger partial charge in [-0.1, -0.05) is 11.8 Å². The molecule has 17 heavy (non-hydrogen) atoms. The van der Waals surface area contributed by atoms with Crippen molar-refractivity contribution in [1.29, 1.82) is 0 Å². The third-order valence-electron chi connectivity index (χ3n) is 1.54. The van der Waals surface area contributed by atoms with Crippen molar-refractivity contribution in [2.24, 2.45) is 0 Å². The minimum atomic E-state index is -0.509. The number of carbonyl (C=O) groups excluding carboxylic acids is 2. The van der Waals surface area contributed by atoms with Gasteiger partial charge in [0.25, 0.3) is 0 Å². The summed E-state index contributed by atoms with van der Waals surface area (Å²) in [7, 11) is 0. The van der Waals surface area contributed by atoms with Crippen LogP contribution in [0, 0.1) is 23.7 Å². The summed E-state index contributed by atoms with van der Waals surface area (Å²) in [5, 5.41) is 0. The van der Waals surface area contributed by atoms with Crippen LogP contribution in [0.15, 0.2) is 0 Å². The summed E-state index contributed by atoms with van der Waals surface area (Å²) >= 11 is 0. The van der Waals surface area contributed by atoms with Crippen LogP contribution in [0.25, 0.3) is 0 Å². The van der Waals surface area contributed by atoms with Gasteiger partial charge >= 0.3 is 11.9 Å². The standard InChI is InChI=1S/C13H16O4/c1-3-16-12(14)10-8-6-5-7-9-11-13(15)17-4-2/h3-7H2,1-2H3. The lowest BCUT2D eigenvalue weighted by molar-refractivity contribution is -0.137. The fourth-order valence-corrected chi connectivity index (χ4v) is 0.869. The zero-order valence-corrected chi connectivity index (χ0v) is 10.2. The first kappa shape index (κ1) is 15.1. The highest BCUT2D eigenvalue weighted by molar-refractivity contribution is 5.88. The molecule has 4 heteroatoms. The first-order chi connectivity index (χ1) is 8.20. The van der Waals surface area contributed by atoms with E-state index >= 15 is 0 Å². The fourth-order valence-electron chi connectivity index (χ4n) is 0.869. The summed E-state index contributed by atoms with van der Waals surface area (Å²) < 4.78 is 9.25. The maximum absolute atomic E-state index is 10.8. The highest BCUT2D eigenvalue weighted by Gasteiger charge is 1.92. The van der Waals surface area contributed by atoms with E-state index in [1.807, 2.05) is 0 Å². The van der Waals surface area contributed by atoms with Gasteiger partial charge in [-0.2, -0.15) is 0 Å². The molecule has 0 aromatic rings. The summed E-state index contributed by atoms with van der Waals surface area (Å²) in [5.41, 5.74) is 0. The molecular weight excluding hydrogens is 220 g/mol. The van der Waals surface area contributed by atoms with Gasteiger partial charge in [0.05, 0.1) is 13.2 Å². The van der Waals surface area contributed by atoms with Gasteiger partial charge in [0.1, 0.15) is 0 Å². The zero-order valence-electron chi connectivity index (χ0n) is 10.2. The van der Waals surface area contributed by atoms with Crippen LogP contribution >= 0.6 is 0 Å². The Morgan fingerprint density at radius 3 is 1.65 bits per heavy atom. The van der Waals surface area contributed by atoms with Crippen LogP contribution in [0.2, 0.25) is 0 Å². The number of unbranched alkanes of at least 4 members (excludes halogenated alkanes) is 2. The number of rotatable bonds is 4. The Morgan fingerprint density at radius 2 is 1.29 bits per heavy atom. The summed E-state index contributed by atoms with van der Waals surface area (Å²) in [5.74, 6) is 9.04. The van der Waals surface area contributed by atoms with E-state index in [4.69, 9.17) is 0 Å². The van der Waals surface area contributed by atoms with Crippen LogP contribution in [0.3, 0.4) is 0 Å². The quantitative estimate of drug-likeness (QED) is 0.319. The molecule has 0 unspecified atom stereocenters. The van der Waals surface area contributed by atoms with Gasteiger partial charge in [-0.25, -0.2) is 9.59 Å². The van der Waals surface area contributed by atoms with E-state index < -0.39 is 11.9 Å². The lowest BCUT2D eigenvalue weighted by Gasteiger charge is -1.91. The Kier molecular flexibility index (Phi) is 9.37. The summed E-state index contributed by atoms with van der Waals surface area (Å²) in [6.45, 7) is 4.12. The first-order valence-electron chi connectivity index (χ1n) is 5.52. The van der Waals surface area contributed by atoms with Crippen molar-refractivity contribution in [2.75, 3.05) is 13.2 Å². The number of hydrogen-bond donors (Lipinski definition) is 0. The van der Waals surface area contributed by atoms with Crippen molar-refractivity contribution in [3.05, 3.63) is 0 Å². The smallest absolute Gasteiger partial charge is 0.384 e. The molecule has 0 atom stereocenters. The molecule has 0 radical (unpaired) electrons. The Hall–Kier alpha value is -1.94. The van der Waals surface area contributed by atoms with Gasteiger partial charge in [-0.15, -0.1) is 0 Å². The lowest BCUT2D eigenvalue weighted by Crippen LogP contribution is -1.99. The van der Waals surface area contributed by atoms with Crippen molar-refractivity contribution in [1.82, 2.24) is 0 Å². The van der Waals surface area contributed by atoms with Crippen LogP contribution in [0.1, 0.15) is 33.1 Å². The van der Waals surface area contributed by atoms with Crippen LogP contribution in [-0.4, -0.2) is 25.2 Å². The van der Waals surface area contributed by atoms with Gasteiger partial charge in [0, 0.05) is 24.7 Å². The van der Waals surface area contributed by atoms with Gasteiger partial charge in [0.15, 0.2) is 0 Å². The van der Waals surface area contributed by atoms with Crippen molar-refractivity contribution in [3.63, 3.8) is 0 Å². The average Bonchev–Trinajstić information content (AvgIpc) is 2.28. The Balaban J connectivity index is 3.65. The number of hydrogen-bond acceptors (Lipinski definition) is 4. The van der Waals surface area contributed by atoms with Crippen LogP contribution in [0.4, 0.5) is 0 Å². The number of carbonyl (C=O) groups is 2. The molecule has 0 bridgehead atoms. The Labute approximate surface area is 102 Å². The van der Waals surface area contributed by atoms with E-state index in [2.05, 4.69) is 33.2 Å². The van der Waals surface area contributed by atoms with Crippen LogP contribution in [-0.2, 0) is 19.1 Å². The Bertz CT molecular complexity index is 326. The number of ether oxygens (including phenoxy) is 2. The highest BCUT2D eigenvalue weighted by Crippen LogP contribution is 1.91. The molecule has 0 saturated carbocycles. The maximum Gasteiger partial charge on any atom is 0.384 e. The molecule has 4 nitrogen and oxygen atoms in total. The van der Waals surface area contributed by atoms with E-state index in [0.29, 0.717) is 32.5 Å². The van der Waals surface area contributed by atoms with Crippen molar-refractivity contribution >= 4 is 11.9 Å². The normalized spacial score (nSPS) is 8.12. The fraction of sp³-hybridized carbons (Fsp3) is 0.538. The van der Waals surface area contributed by atoms with Crippen LogP contribution < -0.4 is 0 Å². The molecule has 0 aromatic heterocycles. The van der Waals surface area contributed by atoms with Gasteiger partial charge < -0.3 is 9.47 Å². The zero-order chi connectivity index (χ0) is 12.9. The number of esters is 2. The summed E-state index contributed by atoms with van der Waals surface area (Å²) in [4.78, 5) is 21.6. The minimum absolute atomic E-state index is 0.332. The average molecular weight is 236 g/mol. The lowest BCUT2D eigenvalue weighted by atomic mass is 10.2. The predicted molar refractivity (Wildman–Crippen MR) is 62.7 cm³/mol. The molecule has 0 saturated heterocycles. The second-order valence-corrected chi connectivity index (χ2v) is 2.90. The van der Waals surface area contributed by atoms with E-state index in [-0.39, 0.29) is 0 Å². The van der Waals surface area contributed by atoms with Crippen molar-refractivity contribution < 1.29 is 19.1 Å². The molecular formula is C13H16O4. The molecule has 0 rings (SSSR count). The molecule has 0 spiro atoms. The largest absolute Gasteiger partial charge is 0.456 e. The summed E-state index contributed by atoms with van der Waals surface area (Å²) in [6.07, 6.45) is 1.81. The van der Waals surface area contributed by atoms with Crippen molar-refractivity contribution in [2.45, 2.75) is 33.1 Å². The van der Waals surface area contributed by atoms with E-state index in [1.165, 1.54) is 0 Å². The van der Waals surface area contributed by atoms with E-state index in [0.717, 1.165) is 0 Å². The SMILES string of the molecule is CCOC(=O)C#CCCCC#CC(=O)OCC. The molecule has 0 aliphatic carbocycles. The molecule has 92 valence electrons.